The molecular weight excluding hydrogens is 260 g/mol. The van der Waals surface area contributed by atoms with Gasteiger partial charge in [0.05, 0.1) is 12.3 Å². The first-order valence-electron chi connectivity index (χ1n) is 6.18. The molecule has 0 aliphatic heterocycles. The van der Waals surface area contributed by atoms with Gasteiger partial charge in [0.1, 0.15) is 11.5 Å². The van der Waals surface area contributed by atoms with Crippen molar-refractivity contribution in [2.45, 2.75) is 31.4 Å². The zero-order valence-electron chi connectivity index (χ0n) is 11.4. The highest BCUT2D eigenvalue weighted by Crippen LogP contribution is 2.32. The summed E-state index contributed by atoms with van der Waals surface area (Å²) in [5, 5.41) is 3.95. The van der Waals surface area contributed by atoms with Crippen LogP contribution in [0.15, 0.2) is 27.6 Å². The van der Waals surface area contributed by atoms with Crippen molar-refractivity contribution in [2.24, 2.45) is 0 Å². The molecule has 0 saturated heterocycles. The molecule has 0 radical (unpaired) electrons. The third kappa shape index (κ3) is 3.23. The highest BCUT2D eigenvalue weighted by atomic mass is 32.2. The molecule has 5 heteroatoms. The maximum Gasteiger partial charge on any atom is 0.137 e. The normalized spacial score (nSPS) is 10.7. The topological polar surface area (TPSA) is 61.3 Å². The summed E-state index contributed by atoms with van der Waals surface area (Å²) in [6.07, 6.45) is 0. The van der Waals surface area contributed by atoms with Crippen LogP contribution in [0.2, 0.25) is 0 Å². The van der Waals surface area contributed by atoms with Crippen LogP contribution in [0.4, 0.5) is 5.69 Å². The highest BCUT2D eigenvalue weighted by molar-refractivity contribution is 7.98. The molecule has 0 spiro atoms. The van der Waals surface area contributed by atoms with E-state index in [2.05, 4.69) is 5.16 Å². The lowest BCUT2D eigenvalue weighted by molar-refractivity contribution is 0.339. The third-order valence-electron chi connectivity index (χ3n) is 2.85. The Hall–Kier alpha value is -1.62. The van der Waals surface area contributed by atoms with Gasteiger partial charge < -0.3 is 15.0 Å². The van der Waals surface area contributed by atoms with E-state index in [1.54, 1.807) is 11.8 Å². The van der Waals surface area contributed by atoms with E-state index in [1.807, 2.05) is 39.0 Å². The molecular formula is C14H18N2O2S. The van der Waals surface area contributed by atoms with Crippen LogP contribution < -0.4 is 10.5 Å². The lowest BCUT2D eigenvalue weighted by Gasteiger charge is -2.08. The predicted molar refractivity (Wildman–Crippen MR) is 77.6 cm³/mol. The number of hydrogen-bond acceptors (Lipinski definition) is 5. The van der Waals surface area contributed by atoms with E-state index < -0.39 is 0 Å². The van der Waals surface area contributed by atoms with Crippen molar-refractivity contribution >= 4 is 17.4 Å². The van der Waals surface area contributed by atoms with Crippen molar-refractivity contribution < 1.29 is 9.26 Å². The number of aromatic nitrogens is 1. The fourth-order valence-electron chi connectivity index (χ4n) is 1.75. The Kier molecular flexibility index (Phi) is 4.37. The lowest BCUT2D eigenvalue weighted by Crippen LogP contribution is -1.94. The summed E-state index contributed by atoms with van der Waals surface area (Å²) in [5.41, 5.74) is 8.82. The average molecular weight is 278 g/mol. The molecule has 19 heavy (non-hydrogen) atoms. The minimum Gasteiger partial charge on any atom is -0.494 e. The third-order valence-corrected chi connectivity index (χ3v) is 3.95. The molecule has 1 aromatic heterocycles. The Morgan fingerprint density at radius 3 is 2.79 bits per heavy atom. The second-order valence-electron chi connectivity index (χ2n) is 4.22. The zero-order valence-corrected chi connectivity index (χ0v) is 12.2. The van der Waals surface area contributed by atoms with E-state index in [0.717, 1.165) is 39.1 Å². The number of nitrogens with two attached hydrogens (primary N) is 1. The predicted octanol–water partition coefficient (Wildman–Crippen LogP) is 3.56. The van der Waals surface area contributed by atoms with Gasteiger partial charge in [-0.3, -0.25) is 0 Å². The maximum absolute atomic E-state index is 5.99. The van der Waals surface area contributed by atoms with Gasteiger partial charge in [-0.05, 0) is 39.0 Å². The van der Waals surface area contributed by atoms with Crippen molar-refractivity contribution in [2.75, 3.05) is 12.3 Å². The van der Waals surface area contributed by atoms with Crippen molar-refractivity contribution in [1.82, 2.24) is 5.16 Å². The fourth-order valence-corrected chi connectivity index (χ4v) is 2.90. The van der Waals surface area contributed by atoms with Crippen LogP contribution in [-0.4, -0.2) is 11.8 Å². The maximum atomic E-state index is 5.99. The molecule has 102 valence electrons. The minimum atomic E-state index is 0.651. The van der Waals surface area contributed by atoms with Gasteiger partial charge in [0, 0.05) is 21.9 Å². The molecule has 1 heterocycles. The van der Waals surface area contributed by atoms with Crippen LogP contribution in [0.5, 0.6) is 5.75 Å². The first kappa shape index (κ1) is 13.8. The highest BCUT2D eigenvalue weighted by Gasteiger charge is 2.10. The number of benzene rings is 1. The van der Waals surface area contributed by atoms with Gasteiger partial charge in [0.25, 0.3) is 0 Å². The standard InChI is InChI=1S/C14H18N2O2S/c1-4-17-11-5-6-13(15)14(7-11)19-8-12-9(2)16-18-10(12)3/h5-7H,4,8,15H2,1-3H3. The minimum absolute atomic E-state index is 0.651. The largest absolute Gasteiger partial charge is 0.494 e. The van der Waals surface area contributed by atoms with Gasteiger partial charge in [-0.1, -0.05) is 5.16 Å². The second kappa shape index (κ2) is 6.02. The molecule has 0 aliphatic carbocycles. The first-order valence-corrected chi connectivity index (χ1v) is 7.17. The van der Waals surface area contributed by atoms with Gasteiger partial charge in [-0.15, -0.1) is 11.8 Å². The molecule has 2 N–H and O–H groups in total. The van der Waals surface area contributed by atoms with E-state index in [-0.39, 0.29) is 0 Å². The molecule has 1 aromatic carbocycles. The molecule has 0 aliphatic rings. The Morgan fingerprint density at radius 2 is 2.16 bits per heavy atom. The summed E-state index contributed by atoms with van der Waals surface area (Å²) in [5.74, 6) is 2.50. The first-order chi connectivity index (χ1) is 9.11. The van der Waals surface area contributed by atoms with Crippen LogP contribution >= 0.6 is 11.8 Å². The zero-order chi connectivity index (χ0) is 13.8. The number of thioether (sulfide) groups is 1. The van der Waals surface area contributed by atoms with Crippen molar-refractivity contribution in [3.63, 3.8) is 0 Å². The van der Waals surface area contributed by atoms with Gasteiger partial charge in [-0.2, -0.15) is 0 Å². The monoisotopic (exact) mass is 278 g/mol. The Morgan fingerprint density at radius 1 is 1.37 bits per heavy atom. The molecule has 0 atom stereocenters. The number of hydrogen-bond donors (Lipinski definition) is 1. The van der Waals surface area contributed by atoms with E-state index in [4.69, 9.17) is 15.0 Å². The molecule has 0 unspecified atom stereocenters. The number of aryl methyl sites for hydroxylation is 2. The van der Waals surface area contributed by atoms with Crippen molar-refractivity contribution in [3.8, 4) is 5.75 Å². The lowest BCUT2D eigenvalue weighted by atomic mass is 10.2. The van der Waals surface area contributed by atoms with Crippen molar-refractivity contribution in [3.05, 3.63) is 35.2 Å². The molecule has 0 amide bonds. The molecule has 0 saturated carbocycles. The Labute approximate surface area is 117 Å². The number of rotatable bonds is 5. The molecule has 4 nitrogen and oxygen atoms in total. The summed E-state index contributed by atoms with van der Waals surface area (Å²) in [7, 11) is 0. The van der Waals surface area contributed by atoms with Gasteiger partial charge >= 0.3 is 0 Å². The summed E-state index contributed by atoms with van der Waals surface area (Å²) in [6, 6.07) is 5.74. The van der Waals surface area contributed by atoms with Gasteiger partial charge in [0.15, 0.2) is 0 Å². The molecule has 0 fully saturated rings. The smallest absolute Gasteiger partial charge is 0.137 e. The SMILES string of the molecule is CCOc1ccc(N)c(SCc2c(C)noc2C)c1. The van der Waals surface area contributed by atoms with Crippen LogP contribution in [0, 0.1) is 13.8 Å². The number of ether oxygens (including phenoxy) is 1. The number of nitrogen functional groups attached to an aromatic ring is 1. The number of nitrogens with zero attached hydrogens (tertiary/aromatic N) is 1. The van der Waals surface area contributed by atoms with E-state index in [1.165, 1.54) is 0 Å². The Balaban J connectivity index is 2.12. The van der Waals surface area contributed by atoms with Crippen LogP contribution in [-0.2, 0) is 5.75 Å². The molecule has 0 bridgehead atoms. The van der Waals surface area contributed by atoms with E-state index in [9.17, 15) is 0 Å². The average Bonchev–Trinajstić information content (AvgIpc) is 2.70. The van der Waals surface area contributed by atoms with Crippen LogP contribution in [0.25, 0.3) is 0 Å². The summed E-state index contributed by atoms with van der Waals surface area (Å²) >= 11 is 1.67. The van der Waals surface area contributed by atoms with Crippen molar-refractivity contribution in [1.29, 1.82) is 0 Å². The fraction of sp³-hybridized carbons (Fsp3) is 0.357. The quantitative estimate of drug-likeness (QED) is 0.669. The number of anilines is 1. The van der Waals surface area contributed by atoms with E-state index >= 15 is 0 Å². The van der Waals surface area contributed by atoms with Gasteiger partial charge in [-0.25, -0.2) is 0 Å². The summed E-state index contributed by atoms with van der Waals surface area (Å²) in [6.45, 7) is 6.49. The second-order valence-corrected chi connectivity index (χ2v) is 5.24. The Bertz CT molecular complexity index is 547. The molecule has 2 aromatic rings. The summed E-state index contributed by atoms with van der Waals surface area (Å²) in [4.78, 5) is 1.02. The molecule has 2 rings (SSSR count). The van der Waals surface area contributed by atoms with Crippen LogP contribution in [0.3, 0.4) is 0 Å². The van der Waals surface area contributed by atoms with Gasteiger partial charge in [0.2, 0.25) is 0 Å². The van der Waals surface area contributed by atoms with E-state index in [0.29, 0.717) is 6.61 Å². The summed E-state index contributed by atoms with van der Waals surface area (Å²) < 4.78 is 10.6. The van der Waals surface area contributed by atoms with Crippen LogP contribution in [0.1, 0.15) is 23.9 Å².